The third-order valence-electron chi connectivity index (χ3n) is 10.8. The summed E-state index contributed by atoms with van der Waals surface area (Å²) in [6.45, 7) is 0. The first-order valence-electron chi connectivity index (χ1n) is 17.8. The van der Waals surface area contributed by atoms with Gasteiger partial charge in [-0.3, -0.25) is 4.57 Å². The normalized spacial score (nSPS) is 12.2. The molecule has 4 heterocycles. The first-order valence-corrected chi connectivity index (χ1v) is 19.5. The summed E-state index contributed by atoms with van der Waals surface area (Å²) in [5, 5.41) is 12.3. The summed E-state index contributed by atoms with van der Waals surface area (Å²) < 4.78 is 6.25. The van der Waals surface area contributed by atoms with E-state index < -0.39 is 0 Å². The van der Waals surface area contributed by atoms with Crippen LogP contribution in [0.25, 0.3) is 112 Å². The topological polar surface area (TPSA) is 30.7 Å². The summed E-state index contributed by atoms with van der Waals surface area (Å²) >= 11 is 3.62. The lowest BCUT2D eigenvalue weighted by Crippen LogP contribution is -2.02. The summed E-state index contributed by atoms with van der Waals surface area (Å²) in [5.41, 5.74) is 5.64. The van der Waals surface area contributed by atoms with Crippen LogP contribution in [0.1, 0.15) is 0 Å². The molecule has 0 atom stereocenters. The van der Waals surface area contributed by atoms with Gasteiger partial charge in [-0.15, -0.1) is 22.7 Å². The highest BCUT2D eigenvalue weighted by Crippen LogP contribution is 2.45. The van der Waals surface area contributed by atoms with Crippen molar-refractivity contribution in [1.29, 1.82) is 0 Å². The van der Waals surface area contributed by atoms with Gasteiger partial charge in [0.05, 0.1) is 16.4 Å². The van der Waals surface area contributed by atoms with E-state index in [0.717, 1.165) is 38.5 Å². The van der Waals surface area contributed by atoms with Gasteiger partial charge in [0.1, 0.15) is 4.83 Å². The highest BCUT2D eigenvalue weighted by molar-refractivity contribution is 7.26. The zero-order valence-electron chi connectivity index (χ0n) is 28.2. The molecular formula is C48H27N3S2. The zero-order valence-corrected chi connectivity index (χ0v) is 29.9. The molecule has 0 N–H and O–H groups in total. The molecule has 12 aromatic rings. The molecule has 12 rings (SSSR count). The average Bonchev–Trinajstić information content (AvgIpc) is 3.90. The van der Waals surface area contributed by atoms with Gasteiger partial charge < -0.3 is 0 Å². The molecule has 53 heavy (non-hydrogen) atoms. The minimum atomic E-state index is 0.723. The molecule has 8 aromatic carbocycles. The van der Waals surface area contributed by atoms with E-state index in [1.54, 1.807) is 11.3 Å². The number of rotatable bonds is 3. The molecule has 3 nitrogen and oxygen atoms in total. The smallest absolute Gasteiger partial charge is 0.163 e. The van der Waals surface area contributed by atoms with Gasteiger partial charge in [-0.1, -0.05) is 127 Å². The maximum Gasteiger partial charge on any atom is 0.163 e. The quantitative estimate of drug-likeness (QED) is 0.183. The van der Waals surface area contributed by atoms with Crippen LogP contribution in [0.4, 0.5) is 0 Å². The predicted molar refractivity (Wildman–Crippen MR) is 228 cm³/mol. The number of aromatic nitrogens is 3. The van der Waals surface area contributed by atoms with Crippen LogP contribution in [-0.4, -0.2) is 14.5 Å². The van der Waals surface area contributed by atoms with Crippen LogP contribution in [0.15, 0.2) is 164 Å². The molecule has 0 spiro atoms. The lowest BCUT2D eigenvalue weighted by atomic mass is 10.0. The molecule has 0 fully saturated rings. The van der Waals surface area contributed by atoms with E-state index >= 15 is 0 Å². The van der Waals surface area contributed by atoms with E-state index in [9.17, 15) is 0 Å². The first kappa shape index (κ1) is 29.2. The van der Waals surface area contributed by atoms with Crippen molar-refractivity contribution in [1.82, 2.24) is 14.5 Å². The fourth-order valence-corrected chi connectivity index (χ4v) is 10.6. The number of hydrogen-bond acceptors (Lipinski definition) is 4. The molecule has 0 saturated heterocycles. The number of benzene rings is 8. The molecule has 0 aliphatic carbocycles. The summed E-state index contributed by atoms with van der Waals surface area (Å²) in [4.78, 5) is 11.9. The van der Waals surface area contributed by atoms with Gasteiger partial charge >= 0.3 is 0 Å². The first-order chi connectivity index (χ1) is 26.3. The Hall–Kier alpha value is -6.40. The van der Waals surface area contributed by atoms with E-state index in [4.69, 9.17) is 9.97 Å². The van der Waals surface area contributed by atoms with Crippen molar-refractivity contribution in [2.45, 2.75) is 0 Å². The third kappa shape index (κ3) is 4.26. The lowest BCUT2D eigenvalue weighted by Gasteiger charge is -2.13. The van der Waals surface area contributed by atoms with Crippen molar-refractivity contribution in [2.75, 3.05) is 0 Å². The van der Waals surface area contributed by atoms with Crippen molar-refractivity contribution in [3.63, 3.8) is 0 Å². The van der Waals surface area contributed by atoms with Crippen molar-refractivity contribution in [3.8, 4) is 28.3 Å². The maximum absolute atomic E-state index is 5.59. The van der Waals surface area contributed by atoms with Crippen molar-refractivity contribution < 1.29 is 0 Å². The summed E-state index contributed by atoms with van der Waals surface area (Å²) in [7, 11) is 0. The van der Waals surface area contributed by atoms with E-state index in [1.165, 1.54) is 73.7 Å². The predicted octanol–water partition coefficient (Wildman–Crippen LogP) is 13.9. The number of hydrogen-bond donors (Lipinski definition) is 0. The SMILES string of the molecule is c1ccc(-c2ccc(-c3nc(-n4c5ccccc5c5cc6ccc7sc8ccccc8c7c6cc54)c4c(n3)sc3ccc5ccccc5c34)cc2)cc1. The molecule has 0 radical (unpaired) electrons. The summed E-state index contributed by atoms with van der Waals surface area (Å²) in [5.74, 6) is 1.63. The summed E-state index contributed by atoms with van der Waals surface area (Å²) in [6, 6.07) is 59.3. The van der Waals surface area contributed by atoms with Gasteiger partial charge in [-0.05, 0) is 69.1 Å². The molecule has 246 valence electrons. The molecule has 0 unspecified atom stereocenters. The fraction of sp³-hybridized carbons (Fsp3) is 0. The minimum Gasteiger partial charge on any atom is -0.293 e. The molecule has 0 amide bonds. The van der Waals surface area contributed by atoms with Crippen LogP contribution in [-0.2, 0) is 0 Å². The van der Waals surface area contributed by atoms with Crippen LogP contribution in [0.2, 0.25) is 0 Å². The maximum atomic E-state index is 5.59. The molecular weight excluding hydrogens is 683 g/mol. The van der Waals surface area contributed by atoms with Gasteiger partial charge in [0, 0.05) is 46.6 Å². The Morgan fingerprint density at radius 2 is 1.06 bits per heavy atom. The van der Waals surface area contributed by atoms with Gasteiger partial charge in [-0.2, -0.15) is 0 Å². The number of thiophene rings is 2. The van der Waals surface area contributed by atoms with Gasteiger partial charge in [0.15, 0.2) is 11.6 Å². The van der Waals surface area contributed by atoms with Crippen LogP contribution < -0.4 is 0 Å². The molecule has 0 bridgehead atoms. The van der Waals surface area contributed by atoms with E-state index in [-0.39, 0.29) is 0 Å². The average molecular weight is 710 g/mol. The van der Waals surface area contributed by atoms with Crippen molar-refractivity contribution in [3.05, 3.63) is 164 Å². The van der Waals surface area contributed by atoms with E-state index in [0.29, 0.717) is 0 Å². The van der Waals surface area contributed by atoms with Crippen molar-refractivity contribution >= 4 is 106 Å². The Balaban J connectivity index is 1.22. The van der Waals surface area contributed by atoms with Gasteiger partial charge in [-0.25, -0.2) is 9.97 Å². The van der Waals surface area contributed by atoms with Crippen LogP contribution in [0.5, 0.6) is 0 Å². The van der Waals surface area contributed by atoms with Crippen LogP contribution in [0, 0.1) is 0 Å². The second-order valence-corrected chi connectivity index (χ2v) is 15.9. The number of para-hydroxylation sites is 1. The minimum absolute atomic E-state index is 0.723. The Morgan fingerprint density at radius 3 is 1.92 bits per heavy atom. The highest BCUT2D eigenvalue weighted by atomic mass is 32.1. The molecule has 5 heteroatoms. The monoisotopic (exact) mass is 709 g/mol. The summed E-state index contributed by atoms with van der Waals surface area (Å²) in [6.07, 6.45) is 0. The van der Waals surface area contributed by atoms with Crippen LogP contribution >= 0.6 is 22.7 Å². The third-order valence-corrected chi connectivity index (χ3v) is 13.0. The standard InChI is InChI=1S/C48H27N3S2/c1-2-10-28(11-3-1)29-18-20-31(21-19-29)46-49-47(45-44-33-13-5-4-12-30(33)22-24-42(44)53-48(45)50-46)51-38-16-8-6-14-34(38)37-26-32-23-25-41-43(36(32)27-39(37)51)35-15-7-9-17-40(35)52-41/h1-27H. The van der Waals surface area contributed by atoms with Gasteiger partial charge in [0.25, 0.3) is 0 Å². The zero-order chi connectivity index (χ0) is 34.6. The number of nitrogens with zero attached hydrogens (tertiary/aromatic N) is 3. The van der Waals surface area contributed by atoms with Gasteiger partial charge in [0.2, 0.25) is 0 Å². The van der Waals surface area contributed by atoms with Crippen LogP contribution in [0.3, 0.4) is 0 Å². The Labute approximate surface area is 311 Å². The van der Waals surface area contributed by atoms with Crippen molar-refractivity contribution in [2.24, 2.45) is 0 Å². The second kappa shape index (κ2) is 11.1. The Bertz CT molecular complexity index is 3440. The Morgan fingerprint density at radius 1 is 0.377 bits per heavy atom. The lowest BCUT2D eigenvalue weighted by molar-refractivity contribution is 1.08. The largest absolute Gasteiger partial charge is 0.293 e. The molecule has 0 aliphatic rings. The second-order valence-electron chi connectivity index (χ2n) is 13.7. The molecule has 0 aliphatic heterocycles. The highest BCUT2D eigenvalue weighted by Gasteiger charge is 2.23. The van der Waals surface area contributed by atoms with E-state index in [2.05, 4.69) is 168 Å². The Kier molecular flexibility index (Phi) is 6.09. The molecule has 4 aromatic heterocycles. The van der Waals surface area contributed by atoms with E-state index in [1.807, 2.05) is 11.3 Å². The fourth-order valence-electron chi connectivity index (χ4n) is 8.39. The number of fused-ring (bicyclic) bond motifs is 13. The molecule has 0 saturated carbocycles.